The number of hydrogen-bond acceptors (Lipinski definition) is 6. The van der Waals surface area contributed by atoms with E-state index in [4.69, 9.17) is 0 Å². The summed E-state index contributed by atoms with van der Waals surface area (Å²) in [6, 6.07) is 14.8. The van der Waals surface area contributed by atoms with Crippen molar-refractivity contribution in [3.63, 3.8) is 0 Å². The van der Waals surface area contributed by atoms with Crippen LogP contribution in [-0.2, 0) is 4.79 Å². The third kappa shape index (κ3) is 5.60. The monoisotopic (exact) mass is 391 g/mol. The number of rotatable bonds is 8. The Balaban J connectivity index is 1.82. The maximum atomic E-state index is 12.1. The summed E-state index contributed by atoms with van der Waals surface area (Å²) in [7, 11) is 3.88. The lowest BCUT2D eigenvalue weighted by atomic mass is 10.1. The summed E-state index contributed by atoms with van der Waals surface area (Å²) in [6.07, 6.45) is 4.80. The van der Waals surface area contributed by atoms with Crippen LogP contribution in [0.5, 0.6) is 0 Å². The Hall–Kier alpha value is -3.29. The summed E-state index contributed by atoms with van der Waals surface area (Å²) in [5.74, 6) is 0.396. The van der Waals surface area contributed by atoms with E-state index in [9.17, 15) is 9.90 Å². The molecule has 0 bridgehead atoms. The van der Waals surface area contributed by atoms with Crippen molar-refractivity contribution in [2.24, 2.45) is 0 Å². The van der Waals surface area contributed by atoms with Crippen molar-refractivity contribution in [2.75, 3.05) is 37.9 Å². The molecule has 29 heavy (non-hydrogen) atoms. The van der Waals surface area contributed by atoms with Gasteiger partial charge in [-0.25, -0.2) is 9.97 Å². The van der Waals surface area contributed by atoms with Gasteiger partial charge in [-0.15, -0.1) is 0 Å². The van der Waals surface area contributed by atoms with Gasteiger partial charge in [0.05, 0.1) is 18.2 Å². The van der Waals surface area contributed by atoms with E-state index in [1.807, 2.05) is 61.5 Å². The first-order chi connectivity index (χ1) is 14.1. The SMILES string of the molecule is CN(C)CC=CC(=O)Nc1ccc2ncnc(N[C@H](CO)c3ccccc3)c2c1. The van der Waals surface area contributed by atoms with Crippen LogP contribution in [-0.4, -0.2) is 53.1 Å². The number of benzene rings is 2. The van der Waals surface area contributed by atoms with Gasteiger partial charge in [-0.2, -0.15) is 0 Å². The molecule has 0 aliphatic rings. The molecule has 2 aromatic carbocycles. The summed E-state index contributed by atoms with van der Waals surface area (Å²) < 4.78 is 0. The summed E-state index contributed by atoms with van der Waals surface area (Å²) in [5, 5.41) is 16.7. The van der Waals surface area contributed by atoms with Gasteiger partial charge in [0, 0.05) is 23.7 Å². The molecular formula is C22H25N5O2. The van der Waals surface area contributed by atoms with Crippen LogP contribution in [0.4, 0.5) is 11.5 Å². The topological polar surface area (TPSA) is 90.4 Å². The van der Waals surface area contributed by atoms with Gasteiger partial charge in [0.25, 0.3) is 0 Å². The minimum Gasteiger partial charge on any atom is -0.394 e. The standard InChI is InChI=1S/C22H25N5O2/c1-27(2)12-6-9-21(29)25-17-10-11-19-18(13-17)22(24-15-23-19)26-20(14-28)16-7-4-3-5-8-16/h3-11,13,15,20,28H,12,14H2,1-2H3,(H,25,29)(H,23,24,26)/t20-/m1/s1. The second-order valence-corrected chi connectivity index (χ2v) is 6.90. The Bertz CT molecular complexity index is 989. The Morgan fingerprint density at radius 2 is 1.97 bits per heavy atom. The van der Waals surface area contributed by atoms with Crippen molar-refractivity contribution >= 4 is 28.3 Å². The zero-order chi connectivity index (χ0) is 20.6. The predicted molar refractivity (Wildman–Crippen MR) is 116 cm³/mol. The highest BCUT2D eigenvalue weighted by atomic mass is 16.3. The van der Waals surface area contributed by atoms with Crippen LogP contribution in [0.3, 0.4) is 0 Å². The summed E-state index contributed by atoms with van der Waals surface area (Å²) in [6.45, 7) is 0.609. The summed E-state index contributed by atoms with van der Waals surface area (Å²) in [4.78, 5) is 22.7. The van der Waals surface area contributed by atoms with Gasteiger partial charge in [-0.05, 0) is 37.9 Å². The Morgan fingerprint density at radius 1 is 1.17 bits per heavy atom. The third-order valence-electron chi connectivity index (χ3n) is 4.34. The highest BCUT2D eigenvalue weighted by Crippen LogP contribution is 2.26. The van der Waals surface area contributed by atoms with Gasteiger partial charge in [0.15, 0.2) is 0 Å². The normalized spacial score (nSPS) is 12.4. The van der Waals surface area contributed by atoms with Crippen LogP contribution in [0.15, 0.2) is 67.0 Å². The van der Waals surface area contributed by atoms with Crippen molar-refractivity contribution in [3.8, 4) is 0 Å². The quantitative estimate of drug-likeness (QED) is 0.512. The average molecular weight is 391 g/mol. The van der Waals surface area contributed by atoms with Gasteiger partial charge < -0.3 is 20.6 Å². The molecule has 0 unspecified atom stereocenters. The zero-order valence-corrected chi connectivity index (χ0v) is 16.5. The molecule has 0 fully saturated rings. The molecule has 0 aliphatic carbocycles. The molecule has 7 heteroatoms. The van der Waals surface area contributed by atoms with Gasteiger partial charge in [0.1, 0.15) is 12.1 Å². The molecule has 7 nitrogen and oxygen atoms in total. The first-order valence-electron chi connectivity index (χ1n) is 9.36. The van der Waals surface area contributed by atoms with Gasteiger partial charge in [-0.1, -0.05) is 36.4 Å². The number of aliphatic hydroxyl groups is 1. The number of amides is 1. The molecular weight excluding hydrogens is 366 g/mol. The maximum Gasteiger partial charge on any atom is 0.248 e. The lowest BCUT2D eigenvalue weighted by Crippen LogP contribution is -2.16. The molecule has 0 saturated heterocycles. The second kappa shape index (κ2) is 9.77. The molecule has 1 amide bonds. The Morgan fingerprint density at radius 3 is 2.69 bits per heavy atom. The fraction of sp³-hybridized carbons (Fsp3) is 0.227. The van der Waals surface area contributed by atoms with Crippen molar-refractivity contribution in [3.05, 3.63) is 72.6 Å². The number of hydrogen-bond donors (Lipinski definition) is 3. The molecule has 0 spiro atoms. The number of likely N-dealkylation sites (N-methyl/N-ethyl adjacent to an activating group) is 1. The average Bonchev–Trinajstić information content (AvgIpc) is 2.72. The molecule has 0 radical (unpaired) electrons. The number of fused-ring (bicyclic) bond motifs is 1. The van der Waals surface area contributed by atoms with Crippen LogP contribution >= 0.6 is 0 Å². The van der Waals surface area contributed by atoms with Crippen LogP contribution in [0.25, 0.3) is 10.9 Å². The Labute approximate surface area is 170 Å². The van der Waals surface area contributed by atoms with E-state index in [2.05, 4.69) is 20.6 Å². The second-order valence-electron chi connectivity index (χ2n) is 6.90. The van der Waals surface area contributed by atoms with E-state index in [1.165, 1.54) is 12.4 Å². The van der Waals surface area contributed by atoms with Crippen molar-refractivity contribution < 1.29 is 9.90 Å². The number of anilines is 2. The van der Waals surface area contributed by atoms with Crippen molar-refractivity contribution in [1.82, 2.24) is 14.9 Å². The number of aromatic nitrogens is 2. The first kappa shape index (κ1) is 20.4. The summed E-state index contributed by atoms with van der Waals surface area (Å²) >= 11 is 0. The van der Waals surface area contributed by atoms with Gasteiger partial charge in [0.2, 0.25) is 5.91 Å². The molecule has 1 heterocycles. The predicted octanol–water partition coefficient (Wildman–Crippen LogP) is 2.83. The van der Waals surface area contributed by atoms with Gasteiger partial charge in [-0.3, -0.25) is 4.79 Å². The molecule has 1 atom stereocenters. The van der Waals surface area contributed by atoms with Crippen molar-refractivity contribution in [2.45, 2.75) is 6.04 Å². The molecule has 0 aliphatic heterocycles. The molecule has 0 saturated carbocycles. The first-order valence-corrected chi connectivity index (χ1v) is 9.36. The largest absolute Gasteiger partial charge is 0.394 e. The van der Waals surface area contributed by atoms with E-state index < -0.39 is 0 Å². The number of nitrogens with zero attached hydrogens (tertiary/aromatic N) is 3. The van der Waals surface area contributed by atoms with E-state index >= 15 is 0 Å². The smallest absolute Gasteiger partial charge is 0.248 e. The minimum absolute atomic E-state index is 0.0807. The van der Waals surface area contributed by atoms with E-state index in [0.29, 0.717) is 18.1 Å². The van der Waals surface area contributed by atoms with E-state index in [0.717, 1.165) is 16.5 Å². The van der Waals surface area contributed by atoms with E-state index in [1.54, 1.807) is 12.1 Å². The lowest BCUT2D eigenvalue weighted by molar-refractivity contribution is -0.111. The third-order valence-corrected chi connectivity index (χ3v) is 4.34. The van der Waals surface area contributed by atoms with Crippen LogP contribution in [0, 0.1) is 0 Å². The molecule has 3 rings (SSSR count). The zero-order valence-electron chi connectivity index (χ0n) is 16.5. The molecule has 3 N–H and O–H groups in total. The molecule has 150 valence electrons. The number of nitrogens with one attached hydrogen (secondary N) is 2. The highest BCUT2D eigenvalue weighted by molar-refractivity contribution is 6.01. The number of aliphatic hydroxyl groups excluding tert-OH is 1. The fourth-order valence-corrected chi connectivity index (χ4v) is 2.89. The number of carbonyl (C=O) groups is 1. The fourth-order valence-electron chi connectivity index (χ4n) is 2.89. The number of carbonyl (C=O) groups excluding carboxylic acids is 1. The van der Waals surface area contributed by atoms with E-state index in [-0.39, 0.29) is 18.6 Å². The lowest BCUT2D eigenvalue weighted by Gasteiger charge is -2.18. The Kier molecular flexibility index (Phi) is 6.89. The van der Waals surface area contributed by atoms with Crippen LogP contribution < -0.4 is 10.6 Å². The van der Waals surface area contributed by atoms with Crippen LogP contribution in [0.1, 0.15) is 11.6 Å². The maximum absolute atomic E-state index is 12.1. The summed E-state index contributed by atoms with van der Waals surface area (Å²) in [5.41, 5.74) is 2.35. The minimum atomic E-state index is -0.304. The molecule has 1 aromatic heterocycles. The van der Waals surface area contributed by atoms with Gasteiger partial charge >= 0.3 is 0 Å². The van der Waals surface area contributed by atoms with Crippen LogP contribution in [0.2, 0.25) is 0 Å². The van der Waals surface area contributed by atoms with Crippen molar-refractivity contribution in [1.29, 1.82) is 0 Å². The highest BCUT2D eigenvalue weighted by Gasteiger charge is 2.13. The molecule has 3 aromatic rings.